The Hall–Kier alpha value is -0.490. The molecule has 1 saturated heterocycles. The molecule has 1 aliphatic heterocycles. The molecule has 2 saturated carbocycles. The lowest BCUT2D eigenvalue weighted by Crippen LogP contribution is -2.50. The molecule has 2 unspecified atom stereocenters. The molecule has 24 heavy (non-hydrogen) atoms. The summed E-state index contributed by atoms with van der Waals surface area (Å²) in [5, 5.41) is 6.22. The smallest absolute Gasteiger partial charge is 0.355 e. The number of nitrogens with one attached hydrogen (secondary N) is 2. The molecule has 3 fully saturated rings. The lowest BCUT2D eigenvalue weighted by Gasteiger charge is -2.38. The van der Waals surface area contributed by atoms with Gasteiger partial charge >= 0.3 is 6.18 Å². The third kappa shape index (κ3) is 3.85. The van der Waals surface area contributed by atoms with Gasteiger partial charge in [0.25, 0.3) is 0 Å². The first-order valence-corrected chi connectivity index (χ1v) is 8.99. The molecule has 1 heterocycles. The van der Waals surface area contributed by atoms with Gasteiger partial charge in [-0.15, -0.1) is 12.4 Å². The van der Waals surface area contributed by atoms with Gasteiger partial charge in [0.1, 0.15) is 0 Å². The summed E-state index contributed by atoms with van der Waals surface area (Å²) >= 11 is 0. The van der Waals surface area contributed by atoms with Crippen molar-refractivity contribution in [1.82, 2.24) is 10.6 Å². The van der Waals surface area contributed by atoms with E-state index in [1.165, 1.54) is 0 Å². The molecule has 0 radical (unpaired) electrons. The Balaban J connectivity index is 0.00000208. The molecule has 4 atom stereocenters. The van der Waals surface area contributed by atoms with Gasteiger partial charge < -0.3 is 10.6 Å². The van der Waals surface area contributed by atoms with Crippen LogP contribution >= 0.6 is 12.4 Å². The van der Waals surface area contributed by atoms with E-state index < -0.39 is 18.0 Å². The maximum absolute atomic E-state index is 13.2. The van der Waals surface area contributed by atoms with Crippen LogP contribution in [0.4, 0.5) is 13.2 Å². The molecule has 0 aromatic carbocycles. The van der Waals surface area contributed by atoms with Crippen LogP contribution in [0.3, 0.4) is 0 Å². The summed E-state index contributed by atoms with van der Waals surface area (Å²) in [4.78, 5) is 12.8. The molecular formula is C17H28ClF3N2O. The topological polar surface area (TPSA) is 41.1 Å². The van der Waals surface area contributed by atoms with Crippen molar-refractivity contribution in [3.8, 4) is 0 Å². The molecule has 2 N–H and O–H groups in total. The van der Waals surface area contributed by atoms with E-state index in [1.807, 2.05) is 0 Å². The molecule has 0 aromatic heterocycles. The number of fused-ring (bicyclic) bond motifs is 1. The monoisotopic (exact) mass is 368 g/mol. The van der Waals surface area contributed by atoms with Crippen LogP contribution < -0.4 is 10.6 Å². The van der Waals surface area contributed by atoms with Gasteiger partial charge in [-0.1, -0.05) is 25.7 Å². The van der Waals surface area contributed by atoms with Crippen molar-refractivity contribution < 1.29 is 18.0 Å². The van der Waals surface area contributed by atoms with Crippen molar-refractivity contribution >= 4 is 18.3 Å². The van der Waals surface area contributed by atoms with E-state index in [9.17, 15) is 18.0 Å². The molecule has 0 bridgehead atoms. The number of carbonyl (C=O) groups is 1. The number of hydrogen-bond acceptors (Lipinski definition) is 2. The first-order valence-electron chi connectivity index (χ1n) is 8.99. The Bertz CT molecular complexity index is 446. The summed E-state index contributed by atoms with van der Waals surface area (Å²) in [7, 11) is 0. The number of halogens is 4. The lowest BCUT2D eigenvalue weighted by atomic mass is 9.67. The summed E-state index contributed by atoms with van der Waals surface area (Å²) in [6.45, 7) is 1.72. The highest BCUT2D eigenvalue weighted by atomic mass is 35.5. The second kappa shape index (κ2) is 7.81. The molecule has 3 rings (SSSR count). The highest BCUT2D eigenvalue weighted by molar-refractivity contribution is 5.85. The third-order valence-corrected chi connectivity index (χ3v) is 6.34. The van der Waals surface area contributed by atoms with Gasteiger partial charge in [-0.25, -0.2) is 0 Å². The van der Waals surface area contributed by atoms with Gasteiger partial charge in [0, 0.05) is 13.1 Å². The molecule has 2 aliphatic carbocycles. The average molecular weight is 369 g/mol. The fourth-order valence-corrected chi connectivity index (χ4v) is 4.97. The first kappa shape index (κ1) is 19.8. The van der Waals surface area contributed by atoms with Crippen molar-refractivity contribution in [1.29, 1.82) is 0 Å². The Morgan fingerprint density at radius 1 is 1.12 bits per heavy atom. The molecule has 1 amide bonds. The largest absolute Gasteiger partial charge is 0.392 e. The van der Waals surface area contributed by atoms with Crippen LogP contribution in [-0.4, -0.2) is 31.7 Å². The van der Waals surface area contributed by atoms with Crippen LogP contribution in [-0.2, 0) is 4.79 Å². The number of hydrogen-bond donors (Lipinski definition) is 2. The fourth-order valence-electron chi connectivity index (χ4n) is 4.97. The summed E-state index contributed by atoms with van der Waals surface area (Å²) < 4.78 is 39.5. The minimum atomic E-state index is -4.14. The predicted molar refractivity (Wildman–Crippen MR) is 89.0 cm³/mol. The third-order valence-electron chi connectivity index (χ3n) is 6.34. The molecule has 3 nitrogen and oxygen atoms in total. The number of rotatable bonds is 3. The maximum atomic E-state index is 13.2. The van der Waals surface area contributed by atoms with Gasteiger partial charge in [0.2, 0.25) is 5.91 Å². The van der Waals surface area contributed by atoms with Crippen molar-refractivity contribution in [2.24, 2.45) is 23.2 Å². The second-order valence-electron chi connectivity index (χ2n) is 7.63. The summed E-state index contributed by atoms with van der Waals surface area (Å²) in [5.74, 6) is -1.38. The summed E-state index contributed by atoms with van der Waals surface area (Å²) in [6.07, 6.45) is 2.22. The Kier molecular flexibility index (Phi) is 6.46. The maximum Gasteiger partial charge on any atom is 0.392 e. The minimum absolute atomic E-state index is 0. The average Bonchev–Trinajstić information content (AvgIpc) is 2.97. The van der Waals surface area contributed by atoms with E-state index in [4.69, 9.17) is 0 Å². The van der Waals surface area contributed by atoms with Crippen LogP contribution in [0.5, 0.6) is 0 Å². The molecular weight excluding hydrogens is 341 g/mol. The van der Waals surface area contributed by atoms with E-state index in [1.54, 1.807) is 0 Å². The van der Waals surface area contributed by atoms with Crippen LogP contribution in [0, 0.1) is 23.2 Å². The summed E-state index contributed by atoms with van der Waals surface area (Å²) in [5.41, 5.74) is -0.374. The standard InChI is InChI=1S/C17H27F3N2O.ClH/c18-17(19,20)14-7-2-1-5-12(14)9-22-15(23)16-8-4-3-6-13(16)10-21-11-16;/h12-14,21H,1-11H2,(H,22,23);1H/t12?,13-,14?,16+;/m0./s1. The lowest BCUT2D eigenvalue weighted by molar-refractivity contribution is -0.196. The van der Waals surface area contributed by atoms with Crippen molar-refractivity contribution in [3.05, 3.63) is 0 Å². The molecule has 0 aromatic rings. The normalized spacial score (nSPS) is 36.5. The fraction of sp³-hybridized carbons (Fsp3) is 0.941. The van der Waals surface area contributed by atoms with Gasteiger partial charge in [-0.05, 0) is 44.1 Å². The van der Waals surface area contributed by atoms with E-state index in [-0.39, 0.29) is 36.7 Å². The molecule has 3 aliphatic rings. The second-order valence-corrected chi connectivity index (χ2v) is 7.63. The Labute approximate surface area is 147 Å². The van der Waals surface area contributed by atoms with Crippen molar-refractivity contribution in [2.75, 3.05) is 19.6 Å². The highest BCUT2D eigenvalue weighted by Crippen LogP contribution is 2.44. The van der Waals surface area contributed by atoms with Gasteiger partial charge in [-0.3, -0.25) is 4.79 Å². The first-order chi connectivity index (χ1) is 10.9. The SMILES string of the molecule is Cl.O=C(NCC1CCCCC1C(F)(F)F)[C@@]12CCCC[C@H]1CNC2. The quantitative estimate of drug-likeness (QED) is 0.798. The van der Waals surface area contributed by atoms with Crippen LogP contribution in [0.15, 0.2) is 0 Å². The van der Waals surface area contributed by atoms with Crippen LogP contribution in [0.2, 0.25) is 0 Å². The van der Waals surface area contributed by atoms with Crippen molar-refractivity contribution in [2.45, 2.75) is 57.5 Å². The highest BCUT2D eigenvalue weighted by Gasteiger charge is 2.50. The number of alkyl halides is 3. The minimum Gasteiger partial charge on any atom is -0.355 e. The van der Waals surface area contributed by atoms with Crippen LogP contribution in [0.1, 0.15) is 51.4 Å². The van der Waals surface area contributed by atoms with Gasteiger partial charge in [-0.2, -0.15) is 13.2 Å². The van der Waals surface area contributed by atoms with Gasteiger partial charge in [0.15, 0.2) is 0 Å². The zero-order valence-corrected chi connectivity index (χ0v) is 14.8. The zero-order valence-electron chi connectivity index (χ0n) is 14.0. The Morgan fingerprint density at radius 3 is 2.58 bits per heavy atom. The van der Waals surface area contributed by atoms with E-state index >= 15 is 0 Å². The van der Waals surface area contributed by atoms with E-state index in [2.05, 4.69) is 10.6 Å². The molecule has 0 spiro atoms. The van der Waals surface area contributed by atoms with Gasteiger partial charge in [0.05, 0.1) is 11.3 Å². The van der Waals surface area contributed by atoms with Crippen LogP contribution in [0.25, 0.3) is 0 Å². The molecule has 7 heteroatoms. The Morgan fingerprint density at radius 2 is 1.83 bits per heavy atom. The molecule has 140 valence electrons. The number of carbonyl (C=O) groups excluding carboxylic acids is 1. The van der Waals surface area contributed by atoms with Crippen molar-refractivity contribution in [3.63, 3.8) is 0 Å². The van der Waals surface area contributed by atoms with E-state index in [0.29, 0.717) is 25.3 Å². The summed E-state index contributed by atoms with van der Waals surface area (Å²) in [6, 6.07) is 0. The number of amides is 1. The van der Waals surface area contributed by atoms with E-state index in [0.717, 1.165) is 38.6 Å². The predicted octanol–water partition coefficient (Wildman–Crippen LogP) is 3.67. The zero-order chi connectivity index (χ0) is 16.5.